The Labute approximate surface area is 152 Å². The molecule has 1 fully saturated rings. The molecule has 0 aliphatic carbocycles. The van der Waals surface area contributed by atoms with Crippen LogP contribution in [0.4, 0.5) is 15.8 Å². The summed E-state index contributed by atoms with van der Waals surface area (Å²) in [5.41, 5.74) is 7.50. The third kappa shape index (κ3) is 4.49. The number of carbonyl (C=O) groups is 1. The van der Waals surface area contributed by atoms with E-state index in [0.29, 0.717) is 37.6 Å². The van der Waals surface area contributed by atoms with Crippen molar-refractivity contribution in [1.82, 2.24) is 9.88 Å². The molecule has 130 valence electrons. The zero-order valence-electron chi connectivity index (χ0n) is 12.9. The van der Waals surface area contributed by atoms with Gasteiger partial charge in [-0.05, 0) is 36.4 Å². The van der Waals surface area contributed by atoms with Crippen LogP contribution in [0.1, 0.15) is 10.5 Å². The lowest BCUT2D eigenvalue weighted by Crippen LogP contribution is -2.49. The van der Waals surface area contributed by atoms with Gasteiger partial charge in [-0.15, -0.1) is 24.8 Å². The topological polar surface area (TPSA) is 62.5 Å². The SMILES string of the molecule is Cl.Cl.Nc1ccc(C(=O)N2CCN(c3ccc(F)cc3)CC2)nc1. The lowest BCUT2D eigenvalue weighted by molar-refractivity contribution is 0.0741. The fraction of sp³-hybridized carbons (Fsp3) is 0.250. The minimum absolute atomic E-state index is 0. The normalized spacial score (nSPS) is 13.7. The lowest BCUT2D eigenvalue weighted by atomic mass is 10.2. The molecule has 0 saturated carbocycles. The Bertz CT molecular complexity index is 659. The monoisotopic (exact) mass is 372 g/mol. The van der Waals surface area contributed by atoms with Crippen molar-refractivity contribution in [1.29, 1.82) is 0 Å². The molecule has 1 aliphatic rings. The molecule has 3 rings (SSSR count). The molecule has 2 heterocycles. The van der Waals surface area contributed by atoms with Gasteiger partial charge in [0.25, 0.3) is 5.91 Å². The predicted octanol–water partition coefficient (Wildman–Crippen LogP) is 2.61. The van der Waals surface area contributed by atoms with Crippen LogP contribution in [0.2, 0.25) is 0 Å². The maximum Gasteiger partial charge on any atom is 0.272 e. The number of amides is 1. The van der Waals surface area contributed by atoms with Crippen LogP contribution in [0, 0.1) is 5.82 Å². The van der Waals surface area contributed by atoms with Crippen molar-refractivity contribution in [3.8, 4) is 0 Å². The summed E-state index contributed by atoms with van der Waals surface area (Å²) >= 11 is 0. The lowest BCUT2D eigenvalue weighted by Gasteiger charge is -2.36. The van der Waals surface area contributed by atoms with Gasteiger partial charge in [0, 0.05) is 31.9 Å². The van der Waals surface area contributed by atoms with Gasteiger partial charge < -0.3 is 15.5 Å². The number of piperazine rings is 1. The van der Waals surface area contributed by atoms with Gasteiger partial charge in [-0.25, -0.2) is 9.37 Å². The summed E-state index contributed by atoms with van der Waals surface area (Å²) in [4.78, 5) is 20.3. The minimum atomic E-state index is -0.244. The quantitative estimate of drug-likeness (QED) is 0.879. The van der Waals surface area contributed by atoms with Crippen LogP contribution in [-0.4, -0.2) is 42.0 Å². The van der Waals surface area contributed by atoms with Crippen LogP contribution < -0.4 is 10.6 Å². The number of halogens is 3. The molecular formula is C16H19Cl2FN4O. The molecule has 1 aromatic carbocycles. The number of carbonyl (C=O) groups excluding carboxylic acids is 1. The van der Waals surface area contributed by atoms with E-state index in [9.17, 15) is 9.18 Å². The maximum absolute atomic E-state index is 13.0. The molecule has 1 amide bonds. The van der Waals surface area contributed by atoms with Crippen LogP contribution in [0.5, 0.6) is 0 Å². The highest BCUT2D eigenvalue weighted by Gasteiger charge is 2.23. The van der Waals surface area contributed by atoms with Gasteiger partial charge in [-0.3, -0.25) is 4.79 Å². The number of nitrogens with zero attached hydrogens (tertiary/aromatic N) is 3. The Balaban J connectivity index is 0.00000144. The zero-order valence-corrected chi connectivity index (χ0v) is 14.5. The van der Waals surface area contributed by atoms with Gasteiger partial charge in [-0.2, -0.15) is 0 Å². The highest BCUT2D eigenvalue weighted by atomic mass is 35.5. The molecule has 0 radical (unpaired) electrons. The number of pyridine rings is 1. The van der Waals surface area contributed by atoms with Gasteiger partial charge in [0.15, 0.2) is 0 Å². The zero-order chi connectivity index (χ0) is 15.5. The number of nitrogens with two attached hydrogens (primary N) is 1. The molecular weight excluding hydrogens is 354 g/mol. The maximum atomic E-state index is 13.0. The molecule has 24 heavy (non-hydrogen) atoms. The number of hydrogen-bond donors (Lipinski definition) is 1. The van der Waals surface area contributed by atoms with E-state index in [1.807, 2.05) is 0 Å². The summed E-state index contributed by atoms with van der Waals surface area (Å²) < 4.78 is 13.0. The average molecular weight is 373 g/mol. The molecule has 2 N–H and O–H groups in total. The van der Waals surface area contributed by atoms with Gasteiger partial charge in [0.05, 0.1) is 11.9 Å². The van der Waals surface area contributed by atoms with E-state index in [4.69, 9.17) is 5.73 Å². The summed E-state index contributed by atoms with van der Waals surface area (Å²) in [7, 11) is 0. The van der Waals surface area contributed by atoms with Crippen molar-refractivity contribution in [3.63, 3.8) is 0 Å². The van der Waals surface area contributed by atoms with Gasteiger partial charge in [0.1, 0.15) is 11.5 Å². The van der Waals surface area contributed by atoms with Crippen molar-refractivity contribution < 1.29 is 9.18 Å². The molecule has 0 bridgehead atoms. The Kier molecular flexibility index (Phi) is 7.25. The Morgan fingerprint density at radius 1 is 1.00 bits per heavy atom. The van der Waals surface area contributed by atoms with Crippen LogP contribution in [0.25, 0.3) is 0 Å². The van der Waals surface area contributed by atoms with Crippen LogP contribution in [-0.2, 0) is 0 Å². The molecule has 1 aliphatic heterocycles. The second kappa shape index (κ2) is 8.70. The Morgan fingerprint density at radius 3 is 2.17 bits per heavy atom. The number of anilines is 2. The smallest absolute Gasteiger partial charge is 0.272 e. The van der Waals surface area contributed by atoms with Crippen molar-refractivity contribution in [2.45, 2.75) is 0 Å². The van der Waals surface area contributed by atoms with Crippen molar-refractivity contribution in [2.75, 3.05) is 36.8 Å². The van der Waals surface area contributed by atoms with E-state index < -0.39 is 0 Å². The minimum Gasteiger partial charge on any atom is -0.397 e. The molecule has 5 nitrogen and oxygen atoms in total. The van der Waals surface area contributed by atoms with Gasteiger partial charge in [0.2, 0.25) is 0 Å². The largest absolute Gasteiger partial charge is 0.397 e. The summed E-state index contributed by atoms with van der Waals surface area (Å²) in [6.07, 6.45) is 1.49. The summed E-state index contributed by atoms with van der Waals surface area (Å²) in [5, 5.41) is 0. The van der Waals surface area contributed by atoms with E-state index in [-0.39, 0.29) is 36.5 Å². The molecule has 0 atom stereocenters. The first kappa shape index (κ1) is 20.0. The standard InChI is InChI=1S/C16H17FN4O.2ClH/c17-12-1-4-14(5-2-12)20-7-9-21(10-8-20)16(22)15-6-3-13(18)11-19-15;;/h1-6,11H,7-10,18H2;2*1H. The number of benzene rings is 1. The first-order chi connectivity index (χ1) is 10.6. The molecule has 1 aromatic heterocycles. The Morgan fingerprint density at radius 2 is 1.62 bits per heavy atom. The molecule has 0 spiro atoms. The van der Waals surface area contributed by atoms with Crippen LogP contribution in [0.3, 0.4) is 0 Å². The fourth-order valence-corrected chi connectivity index (χ4v) is 2.51. The molecule has 0 unspecified atom stereocenters. The van der Waals surface area contributed by atoms with Gasteiger partial charge >= 0.3 is 0 Å². The van der Waals surface area contributed by atoms with Crippen molar-refractivity contribution in [2.24, 2.45) is 0 Å². The van der Waals surface area contributed by atoms with Crippen LogP contribution >= 0.6 is 24.8 Å². The van der Waals surface area contributed by atoms with E-state index in [1.165, 1.54) is 18.3 Å². The summed E-state index contributed by atoms with van der Waals surface area (Å²) in [6, 6.07) is 9.73. The van der Waals surface area contributed by atoms with Crippen molar-refractivity contribution in [3.05, 3.63) is 54.1 Å². The van der Waals surface area contributed by atoms with E-state index >= 15 is 0 Å². The number of nitrogen functional groups attached to an aromatic ring is 1. The highest BCUT2D eigenvalue weighted by Crippen LogP contribution is 2.17. The summed E-state index contributed by atoms with van der Waals surface area (Å²) in [6.45, 7) is 2.66. The first-order valence-corrected chi connectivity index (χ1v) is 7.15. The van der Waals surface area contributed by atoms with Crippen molar-refractivity contribution >= 4 is 42.1 Å². The second-order valence-electron chi connectivity index (χ2n) is 5.23. The second-order valence-corrected chi connectivity index (χ2v) is 5.23. The predicted molar refractivity (Wildman–Crippen MR) is 97.7 cm³/mol. The number of rotatable bonds is 2. The van der Waals surface area contributed by atoms with E-state index in [2.05, 4.69) is 9.88 Å². The Hall–Kier alpha value is -2.05. The number of aromatic nitrogens is 1. The first-order valence-electron chi connectivity index (χ1n) is 7.15. The molecule has 1 saturated heterocycles. The third-order valence-corrected chi connectivity index (χ3v) is 3.76. The average Bonchev–Trinajstić information content (AvgIpc) is 2.56. The van der Waals surface area contributed by atoms with E-state index in [0.717, 1.165) is 5.69 Å². The molecule has 2 aromatic rings. The highest BCUT2D eigenvalue weighted by molar-refractivity contribution is 5.92. The third-order valence-electron chi connectivity index (χ3n) is 3.76. The van der Waals surface area contributed by atoms with E-state index in [1.54, 1.807) is 29.2 Å². The summed E-state index contributed by atoms with van der Waals surface area (Å²) in [5.74, 6) is -0.328. The number of hydrogen-bond acceptors (Lipinski definition) is 4. The fourth-order valence-electron chi connectivity index (χ4n) is 2.51. The van der Waals surface area contributed by atoms with Crippen LogP contribution in [0.15, 0.2) is 42.6 Å². The van der Waals surface area contributed by atoms with Gasteiger partial charge in [-0.1, -0.05) is 0 Å². The molecule has 8 heteroatoms.